The van der Waals surface area contributed by atoms with Crippen molar-refractivity contribution in [2.75, 3.05) is 0 Å². The minimum atomic E-state index is -0.449. The lowest BCUT2D eigenvalue weighted by atomic mass is 10.0. The van der Waals surface area contributed by atoms with E-state index in [1.807, 2.05) is 38.1 Å². The molecule has 2 unspecified atom stereocenters. The Morgan fingerprint density at radius 3 is 2.71 bits per heavy atom. The predicted octanol–water partition coefficient (Wildman–Crippen LogP) is 1.96. The molecule has 0 aliphatic carbocycles. The number of pyridine rings is 1. The second kappa shape index (κ2) is 7.53. The SMILES string of the molecule is Cc1ccc(C2CC(C(=O)OCc3cc(=O)n4ccc(C)cc4n3)NN2)cc1. The largest absolute Gasteiger partial charge is 0.458 e. The number of rotatable bonds is 4. The van der Waals surface area contributed by atoms with Gasteiger partial charge in [-0.05, 0) is 43.5 Å². The van der Waals surface area contributed by atoms with Gasteiger partial charge in [0, 0.05) is 18.3 Å². The van der Waals surface area contributed by atoms with E-state index in [1.165, 1.54) is 16.0 Å². The molecule has 2 aromatic heterocycles. The highest BCUT2D eigenvalue weighted by molar-refractivity contribution is 5.76. The lowest BCUT2D eigenvalue weighted by Crippen LogP contribution is -2.37. The van der Waals surface area contributed by atoms with Crippen LogP contribution in [-0.2, 0) is 16.1 Å². The summed E-state index contributed by atoms with van der Waals surface area (Å²) in [5, 5.41) is 0. The number of fused-ring (bicyclic) bond motifs is 1. The summed E-state index contributed by atoms with van der Waals surface area (Å²) in [6.45, 7) is 3.94. The number of nitrogens with zero attached hydrogens (tertiary/aromatic N) is 2. The van der Waals surface area contributed by atoms with Crippen molar-refractivity contribution in [2.45, 2.75) is 39.0 Å². The van der Waals surface area contributed by atoms with Crippen molar-refractivity contribution in [1.29, 1.82) is 0 Å². The molecule has 0 spiro atoms. The van der Waals surface area contributed by atoms with Gasteiger partial charge < -0.3 is 4.74 Å². The second-order valence-corrected chi connectivity index (χ2v) is 7.17. The number of nitrogens with one attached hydrogen (secondary N) is 2. The maximum atomic E-state index is 12.4. The lowest BCUT2D eigenvalue weighted by molar-refractivity contribution is -0.147. The van der Waals surface area contributed by atoms with Gasteiger partial charge in [0.2, 0.25) is 0 Å². The number of carbonyl (C=O) groups excluding carboxylic acids is 1. The van der Waals surface area contributed by atoms with Gasteiger partial charge in [0.25, 0.3) is 5.56 Å². The van der Waals surface area contributed by atoms with Gasteiger partial charge >= 0.3 is 5.97 Å². The van der Waals surface area contributed by atoms with Crippen LogP contribution in [0.15, 0.2) is 53.5 Å². The van der Waals surface area contributed by atoms with E-state index in [0.29, 0.717) is 17.8 Å². The molecule has 2 N–H and O–H groups in total. The Morgan fingerprint density at radius 2 is 1.93 bits per heavy atom. The normalized spacial score (nSPS) is 19.1. The van der Waals surface area contributed by atoms with Gasteiger partial charge in [-0.25, -0.2) is 15.8 Å². The lowest BCUT2D eigenvalue weighted by Gasteiger charge is -2.10. The van der Waals surface area contributed by atoms with Crippen molar-refractivity contribution >= 4 is 11.6 Å². The molecule has 0 bridgehead atoms. The summed E-state index contributed by atoms with van der Waals surface area (Å²) < 4.78 is 6.86. The number of hydrogen-bond acceptors (Lipinski definition) is 6. The molecule has 0 radical (unpaired) electrons. The van der Waals surface area contributed by atoms with E-state index < -0.39 is 6.04 Å². The van der Waals surface area contributed by atoms with E-state index in [9.17, 15) is 9.59 Å². The fourth-order valence-corrected chi connectivity index (χ4v) is 3.30. The molecule has 0 amide bonds. The first kappa shape index (κ1) is 18.3. The zero-order valence-electron chi connectivity index (χ0n) is 15.8. The first-order chi connectivity index (χ1) is 13.5. The van der Waals surface area contributed by atoms with Crippen molar-refractivity contribution in [3.05, 3.63) is 81.4 Å². The summed E-state index contributed by atoms with van der Waals surface area (Å²) in [7, 11) is 0. The van der Waals surface area contributed by atoms with E-state index in [2.05, 4.69) is 28.0 Å². The van der Waals surface area contributed by atoms with E-state index in [-0.39, 0.29) is 24.2 Å². The smallest absolute Gasteiger partial charge is 0.324 e. The van der Waals surface area contributed by atoms with Crippen molar-refractivity contribution in [1.82, 2.24) is 20.2 Å². The molecule has 2 atom stereocenters. The first-order valence-corrected chi connectivity index (χ1v) is 9.23. The summed E-state index contributed by atoms with van der Waals surface area (Å²) >= 11 is 0. The van der Waals surface area contributed by atoms with Crippen LogP contribution in [0.1, 0.15) is 34.8 Å². The standard InChI is InChI=1S/C21H22N4O3/c1-13-3-5-15(6-4-13)17-11-18(24-23-17)21(27)28-12-16-10-20(26)25-8-7-14(2)9-19(25)22-16/h3-10,17-18,23-24H,11-12H2,1-2H3. The molecule has 1 fully saturated rings. The number of aryl methyl sites for hydroxylation is 2. The average Bonchev–Trinajstić information content (AvgIpc) is 3.16. The fourth-order valence-electron chi connectivity index (χ4n) is 3.30. The molecule has 1 aliphatic rings. The topological polar surface area (TPSA) is 84.7 Å². The van der Waals surface area contributed by atoms with Crippen molar-refractivity contribution < 1.29 is 9.53 Å². The monoisotopic (exact) mass is 378 g/mol. The minimum Gasteiger partial charge on any atom is -0.458 e. The Bertz CT molecular complexity index is 1080. The van der Waals surface area contributed by atoms with Crippen LogP contribution < -0.4 is 16.4 Å². The molecule has 7 heteroatoms. The molecule has 1 saturated heterocycles. The van der Waals surface area contributed by atoms with Crippen LogP contribution in [0.2, 0.25) is 0 Å². The van der Waals surface area contributed by atoms with E-state index in [0.717, 1.165) is 11.1 Å². The van der Waals surface area contributed by atoms with Crippen molar-refractivity contribution in [3.8, 4) is 0 Å². The van der Waals surface area contributed by atoms with Crippen molar-refractivity contribution in [3.63, 3.8) is 0 Å². The Hall–Kier alpha value is -3.03. The molecular weight excluding hydrogens is 356 g/mol. The summed E-state index contributed by atoms with van der Waals surface area (Å²) in [4.78, 5) is 29.0. The maximum Gasteiger partial charge on any atom is 0.324 e. The average molecular weight is 378 g/mol. The number of hydrazine groups is 1. The number of esters is 1. The van der Waals surface area contributed by atoms with E-state index in [1.54, 1.807) is 6.20 Å². The van der Waals surface area contributed by atoms with Crippen LogP contribution in [0, 0.1) is 13.8 Å². The molecule has 1 aromatic carbocycles. The Morgan fingerprint density at radius 1 is 1.14 bits per heavy atom. The van der Waals surface area contributed by atoms with E-state index in [4.69, 9.17) is 4.74 Å². The molecule has 3 aromatic rings. The van der Waals surface area contributed by atoms with Crippen LogP contribution in [0.4, 0.5) is 0 Å². The number of benzene rings is 1. The fraction of sp³-hybridized carbons (Fsp3) is 0.286. The van der Waals surface area contributed by atoms with Crippen LogP contribution in [0.25, 0.3) is 5.65 Å². The molecule has 3 heterocycles. The Labute approximate surface area is 162 Å². The highest BCUT2D eigenvalue weighted by atomic mass is 16.5. The maximum absolute atomic E-state index is 12.4. The summed E-state index contributed by atoms with van der Waals surface area (Å²) in [6, 6.07) is 12.9. The third-order valence-electron chi connectivity index (χ3n) is 4.91. The Kier molecular flexibility index (Phi) is 4.93. The van der Waals surface area contributed by atoms with Gasteiger partial charge in [-0.15, -0.1) is 0 Å². The summed E-state index contributed by atoms with van der Waals surface area (Å²) in [5.74, 6) is -0.367. The number of ether oxygens (including phenoxy) is 1. The van der Waals surface area contributed by atoms with Crippen LogP contribution in [0.3, 0.4) is 0 Å². The predicted molar refractivity (Wildman–Crippen MR) is 105 cm³/mol. The third-order valence-corrected chi connectivity index (χ3v) is 4.91. The second-order valence-electron chi connectivity index (χ2n) is 7.17. The van der Waals surface area contributed by atoms with Crippen molar-refractivity contribution in [2.24, 2.45) is 0 Å². The summed E-state index contributed by atoms with van der Waals surface area (Å²) in [5.41, 5.74) is 10.2. The summed E-state index contributed by atoms with van der Waals surface area (Å²) in [6.07, 6.45) is 2.28. The van der Waals surface area contributed by atoms with Gasteiger partial charge in [-0.2, -0.15) is 0 Å². The zero-order valence-corrected chi connectivity index (χ0v) is 15.8. The van der Waals surface area contributed by atoms with E-state index >= 15 is 0 Å². The van der Waals surface area contributed by atoms with Gasteiger partial charge in [-0.3, -0.25) is 14.0 Å². The third kappa shape index (κ3) is 3.81. The number of aromatic nitrogens is 2. The molecule has 7 nitrogen and oxygen atoms in total. The highest BCUT2D eigenvalue weighted by Gasteiger charge is 2.31. The first-order valence-electron chi connectivity index (χ1n) is 9.23. The molecular formula is C21H22N4O3. The minimum absolute atomic E-state index is 0.0358. The quantitative estimate of drug-likeness (QED) is 0.675. The molecule has 28 heavy (non-hydrogen) atoms. The van der Waals surface area contributed by atoms with Gasteiger partial charge in [0.05, 0.1) is 5.69 Å². The molecule has 4 rings (SSSR count). The molecule has 1 aliphatic heterocycles. The number of carbonyl (C=O) groups is 1. The van der Waals surface area contributed by atoms with Gasteiger partial charge in [-0.1, -0.05) is 29.8 Å². The van der Waals surface area contributed by atoms with Gasteiger partial charge in [0.1, 0.15) is 18.3 Å². The van der Waals surface area contributed by atoms with Crippen LogP contribution in [0.5, 0.6) is 0 Å². The van der Waals surface area contributed by atoms with Crippen LogP contribution in [-0.4, -0.2) is 21.4 Å². The zero-order chi connectivity index (χ0) is 19.7. The highest BCUT2D eigenvalue weighted by Crippen LogP contribution is 2.23. The molecule has 144 valence electrons. The van der Waals surface area contributed by atoms with Crippen LogP contribution >= 0.6 is 0 Å². The Balaban J connectivity index is 1.40. The van der Waals surface area contributed by atoms with Gasteiger partial charge in [0.15, 0.2) is 0 Å². The number of hydrogen-bond donors (Lipinski definition) is 2. The molecule has 0 saturated carbocycles.